The average Bonchev–Trinajstić information content (AvgIpc) is 3.14. The second-order valence-electron chi connectivity index (χ2n) is 7.53. The Bertz CT molecular complexity index is 1110. The van der Waals surface area contributed by atoms with Crippen LogP contribution in [0.3, 0.4) is 0 Å². The molecule has 1 heterocycles. The van der Waals surface area contributed by atoms with Gasteiger partial charge in [-0.1, -0.05) is 18.2 Å². The fourth-order valence-corrected chi connectivity index (χ4v) is 3.53. The Hall–Kier alpha value is -3.50. The molecule has 0 fully saturated rings. The molecule has 0 atom stereocenters. The summed E-state index contributed by atoms with van der Waals surface area (Å²) in [5.74, 6) is -11.4. The number of carbonyl (C=O) groups is 1. The van der Waals surface area contributed by atoms with Crippen molar-refractivity contribution in [3.05, 3.63) is 66.0 Å². The van der Waals surface area contributed by atoms with Crippen LogP contribution in [0.15, 0.2) is 65.4 Å². The maximum Gasteiger partial charge on any atom is 0.372 e. The number of anilines is 2. The van der Waals surface area contributed by atoms with Crippen LogP contribution in [-0.2, 0) is 4.74 Å². The Morgan fingerprint density at radius 1 is 1.00 bits per heavy atom. The minimum Gasteiger partial charge on any atom is -0.455 e. The molecule has 0 radical (unpaired) electrons. The molecule has 2 aromatic carbocycles. The van der Waals surface area contributed by atoms with E-state index in [4.69, 9.17) is 0 Å². The lowest BCUT2D eigenvalue weighted by Crippen LogP contribution is -2.49. The Labute approximate surface area is 198 Å². The summed E-state index contributed by atoms with van der Waals surface area (Å²) in [6.07, 6.45) is -1.20. The molecule has 0 saturated carbocycles. The monoisotopic (exact) mass is 499 g/mol. The summed E-state index contributed by atoms with van der Waals surface area (Å²) >= 11 is 0. The predicted molar refractivity (Wildman–Crippen MR) is 121 cm³/mol. The molecule has 5 nitrogen and oxygen atoms in total. The van der Waals surface area contributed by atoms with Crippen LogP contribution in [0.1, 0.15) is 24.2 Å². The molecule has 1 aliphatic heterocycles. The van der Waals surface area contributed by atoms with E-state index in [1.165, 1.54) is 12.1 Å². The molecule has 188 valence electrons. The van der Waals surface area contributed by atoms with Gasteiger partial charge in [0.1, 0.15) is 5.82 Å². The second-order valence-corrected chi connectivity index (χ2v) is 7.53. The van der Waals surface area contributed by atoms with Crippen molar-refractivity contribution in [2.24, 2.45) is 4.99 Å². The SMILES string of the molecule is CCN1/C(=C/C=Nc2ccccc2)N(CC)c2cc(C(=O)OCC(F)(F)C(F)(F)C(F)F)ccc21. The number of allylic oxidation sites excluding steroid dienone is 1. The highest BCUT2D eigenvalue weighted by Gasteiger charge is 2.63. The molecule has 0 bridgehead atoms. The zero-order valence-electron chi connectivity index (χ0n) is 18.9. The third-order valence-corrected chi connectivity index (χ3v) is 5.33. The van der Waals surface area contributed by atoms with Crippen LogP contribution in [0.4, 0.5) is 43.4 Å². The van der Waals surface area contributed by atoms with Crippen molar-refractivity contribution in [2.45, 2.75) is 32.1 Å². The van der Waals surface area contributed by atoms with Crippen LogP contribution >= 0.6 is 0 Å². The van der Waals surface area contributed by atoms with E-state index in [1.807, 2.05) is 54.0 Å². The minimum absolute atomic E-state index is 0.186. The van der Waals surface area contributed by atoms with E-state index >= 15 is 0 Å². The third kappa shape index (κ3) is 5.28. The number of rotatable bonds is 9. The van der Waals surface area contributed by atoms with Gasteiger partial charge in [0.25, 0.3) is 0 Å². The normalized spacial score (nSPS) is 15.4. The first-order valence-electron chi connectivity index (χ1n) is 10.7. The number of esters is 1. The Balaban J connectivity index is 1.82. The van der Waals surface area contributed by atoms with Gasteiger partial charge in [-0.15, -0.1) is 0 Å². The molecular formula is C24H23F6N3O2. The molecule has 0 unspecified atom stereocenters. The highest BCUT2D eigenvalue weighted by molar-refractivity contribution is 5.95. The van der Waals surface area contributed by atoms with Gasteiger partial charge < -0.3 is 14.5 Å². The van der Waals surface area contributed by atoms with Crippen molar-refractivity contribution in [3.63, 3.8) is 0 Å². The van der Waals surface area contributed by atoms with Crippen molar-refractivity contribution >= 4 is 29.2 Å². The number of ether oxygens (including phenoxy) is 1. The highest BCUT2D eigenvalue weighted by atomic mass is 19.3. The van der Waals surface area contributed by atoms with Crippen molar-refractivity contribution in [1.82, 2.24) is 0 Å². The van der Waals surface area contributed by atoms with Gasteiger partial charge in [-0.2, -0.15) is 17.6 Å². The molecule has 0 amide bonds. The molecule has 1 aliphatic rings. The summed E-state index contributed by atoms with van der Waals surface area (Å²) in [4.78, 5) is 20.5. The molecule has 3 rings (SSSR count). The van der Waals surface area contributed by atoms with Crippen molar-refractivity contribution in [3.8, 4) is 0 Å². The lowest BCUT2D eigenvalue weighted by Gasteiger charge is -2.25. The van der Waals surface area contributed by atoms with Crippen molar-refractivity contribution in [1.29, 1.82) is 0 Å². The highest BCUT2D eigenvalue weighted by Crippen LogP contribution is 2.42. The van der Waals surface area contributed by atoms with E-state index < -0.39 is 30.8 Å². The number of carbonyl (C=O) groups excluding carboxylic acids is 1. The molecule has 35 heavy (non-hydrogen) atoms. The standard InChI is InChI=1S/C24H23F6N3O2/c1-3-32-18-11-10-16(21(34)35-15-23(27,28)24(29,30)22(25)26)14-19(18)33(4-2)20(32)12-13-31-17-8-6-5-7-9-17/h5-14,22H,3-4,15H2,1-2H3/b20-12-,31-13?. The van der Waals surface area contributed by atoms with E-state index in [2.05, 4.69) is 9.73 Å². The molecule has 0 aliphatic carbocycles. The van der Waals surface area contributed by atoms with Gasteiger partial charge in [0.2, 0.25) is 0 Å². The topological polar surface area (TPSA) is 45.1 Å². The largest absolute Gasteiger partial charge is 0.455 e. The quantitative estimate of drug-likeness (QED) is 0.231. The number of alkyl halides is 6. The number of aliphatic imine (C=N–C) groups is 1. The van der Waals surface area contributed by atoms with Crippen LogP contribution in [0.5, 0.6) is 0 Å². The van der Waals surface area contributed by atoms with Crippen LogP contribution in [0, 0.1) is 0 Å². The molecule has 0 aromatic heterocycles. The van der Waals surface area contributed by atoms with Crippen LogP contribution in [0.2, 0.25) is 0 Å². The van der Waals surface area contributed by atoms with Gasteiger partial charge in [-0.25, -0.2) is 13.6 Å². The van der Waals surface area contributed by atoms with E-state index in [-0.39, 0.29) is 5.56 Å². The Kier molecular flexibility index (Phi) is 7.76. The number of nitrogens with zero attached hydrogens (tertiary/aromatic N) is 3. The first kappa shape index (κ1) is 26.1. The first-order chi connectivity index (χ1) is 16.5. The van der Waals surface area contributed by atoms with Crippen molar-refractivity contribution in [2.75, 3.05) is 29.5 Å². The van der Waals surface area contributed by atoms with Gasteiger partial charge in [0.05, 0.1) is 22.6 Å². The van der Waals surface area contributed by atoms with E-state index in [1.54, 1.807) is 18.4 Å². The zero-order chi connectivity index (χ0) is 25.8. The van der Waals surface area contributed by atoms with Gasteiger partial charge in [0.15, 0.2) is 6.61 Å². The number of para-hydroxylation sites is 1. The van der Waals surface area contributed by atoms with Gasteiger partial charge in [-0.05, 0) is 50.3 Å². The second kappa shape index (κ2) is 10.4. The third-order valence-electron chi connectivity index (χ3n) is 5.33. The van der Waals surface area contributed by atoms with Gasteiger partial charge in [0, 0.05) is 19.3 Å². The van der Waals surface area contributed by atoms with E-state index in [0.29, 0.717) is 18.8 Å². The Morgan fingerprint density at radius 3 is 2.23 bits per heavy atom. The number of hydrogen-bond acceptors (Lipinski definition) is 5. The summed E-state index contributed by atoms with van der Waals surface area (Å²) in [7, 11) is 0. The lowest BCUT2D eigenvalue weighted by atomic mass is 10.1. The molecule has 2 aromatic rings. The lowest BCUT2D eigenvalue weighted by molar-refractivity contribution is -0.274. The number of halogens is 6. The number of fused-ring (bicyclic) bond motifs is 1. The number of benzene rings is 2. The van der Waals surface area contributed by atoms with Crippen molar-refractivity contribution < 1.29 is 35.9 Å². The zero-order valence-corrected chi connectivity index (χ0v) is 18.9. The first-order valence-corrected chi connectivity index (χ1v) is 10.7. The summed E-state index contributed by atoms with van der Waals surface area (Å²) in [5.41, 5.74) is 1.85. The maximum absolute atomic E-state index is 13.5. The number of hydrogen-bond donors (Lipinski definition) is 0. The smallest absolute Gasteiger partial charge is 0.372 e. The average molecular weight is 499 g/mol. The van der Waals surface area contributed by atoms with Gasteiger partial charge in [-0.3, -0.25) is 4.99 Å². The van der Waals surface area contributed by atoms with Gasteiger partial charge >= 0.3 is 24.2 Å². The molecule has 0 N–H and O–H groups in total. The summed E-state index contributed by atoms with van der Waals surface area (Å²) in [5, 5.41) is 0. The summed E-state index contributed by atoms with van der Waals surface area (Å²) in [6, 6.07) is 13.5. The predicted octanol–water partition coefficient (Wildman–Crippen LogP) is 6.29. The summed E-state index contributed by atoms with van der Waals surface area (Å²) in [6.45, 7) is 2.64. The van der Waals surface area contributed by atoms with E-state index in [9.17, 15) is 31.1 Å². The molecule has 0 saturated heterocycles. The molecule has 0 spiro atoms. The molecule has 11 heteroatoms. The van der Waals surface area contributed by atoms with Crippen LogP contribution < -0.4 is 9.80 Å². The van der Waals surface area contributed by atoms with Crippen LogP contribution in [0.25, 0.3) is 0 Å². The van der Waals surface area contributed by atoms with Crippen LogP contribution in [-0.4, -0.2) is 50.2 Å². The maximum atomic E-state index is 13.5. The van der Waals surface area contributed by atoms with E-state index in [0.717, 1.165) is 17.2 Å². The Morgan fingerprint density at radius 2 is 1.63 bits per heavy atom. The fraction of sp³-hybridized carbons (Fsp3) is 0.333. The summed E-state index contributed by atoms with van der Waals surface area (Å²) < 4.78 is 82.0. The molecular weight excluding hydrogens is 476 g/mol. The minimum atomic E-state index is -5.63. The fourth-order valence-electron chi connectivity index (χ4n) is 3.53.